The summed E-state index contributed by atoms with van der Waals surface area (Å²) in [6, 6.07) is 7.07. The lowest BCUT2D eigenvalue weighted by Crippen LogP contribution is -2.17. The summed E-state index contributed by atoms with van der Waals surface area (Å²) in [6.45, 7) is 1.76. The first-order valence-electron chi connectivity index (χ1n) is 7.44. The van der Waals surface area contributed by atoms with Gasteiger partial charge in [0.15, 0.2) is 17.4 Å². The van der Waals surface area contributed by atoms with Gasteiger partial charge in [0.2, 0.25) is 0 Å². The SMILES string of the molecule is Fc1cc(C(F)(F)F)cc(F)c1Oc1cccc(N2CCCC2)c1. The molecular formula is C17H14F5NO. The monoisotopic (exact) mass is 343 g/mol. The Balaban J connectivity index is 1.87. The standard InChI is InChI=1S/C17H14F5NO/c18-14-8-11(17(20,21)22)9-15(19)16(14)24-13-5-3-4-12(10-13)23-6-1-2-7-23/h3-5,8-10H,1-2,6-7H2. The Morgan fingerprint density at radius 1 is 0.917 bits per heavy atom. The van der Waals surface area contributed by atoms with Crippen LogP contribution < -0.4 is 9.64 Å². The lowest BCUT2D eigenvalue weighted by atomic mass is 10.2. The first kappa shape index (κ1) is 16.5. The summed E-state index contributed by atoms with van der Waals surface area (Å²) < 4.78 is 70.5. The van der Waals surface area contributed by atoms with Crippen LogP contribution in [0.15, 0.2) is 36.4 Å². The van der Waals surface area contributed by atoms with Gasteiger partial charge in [-0.1, -0.05) is 6.07 Å². The number of halogens is 5. The molecule has 0 spiro atoms. The summed E-state index contributed by atoms with van der Waals surface area (Å²) >= 11 is 0. The number of alkyl halides is 3. The zero-order valence-electron chi connectivity index (χ0n) is 12.5. The van der Waals surface area contributed by atoms with Crippen molar-refractivity contribution in [1.29, 1.82) is 0 Å². The number of ether oxygens (including phenoxy) is 1. The summed E-state index contributed by atoms with van der Waals surface area (Å²) in [5.41, 5.74) is -0.548. The van der Waals surface area contributed by atoms with E-state index in [2.05, 4.69) is 4.90 Å². The summed E-state index contributed by atoms with van der Waals surface area (Å²) in [4.78, 5) is 2.10. The van der Waals surface area contributed by atoms with Crippen LogP contribution in [0.2, 0.25) is 0 Å². The fourth-order valence-electron chi connectivity index (χ4n) is 2.66. The number of rotatable bonds is 3. The Hall–Kier alpha value is -2.31. The van der Waals surface area contributed by atoms with Gasteiger partial charge in [-0.05, 0) is 37.1 Å². The molecule has 2 nitrogen and oxygen atoms in total. The summed E-state index contributed by atoms with van der Waals surface area (Å²) in [7, 11) is 0. The van der Waals surface area contributed by atoms with Crippen molar-refractivity contribution in [2.45, 2.75) is 19.0 Å². The number of hydrogen-bond donors (Lipinski definition) is 0. The van der Waals surface area contributed by atoms with Crippen LogP contribution in [0, 0.1) is 11.6 Å². The Labute approximate surface area is 135 Å². The molecule has 1 heterocycles. The quantitative estimate of drug-likeness (QED) is 0.694. The van der Waals surface area contributed by atoms with Crippen molar-refractivity contribution in [2.24, 2.45) is 0 Å². The molecule has 0 amide bonds. The van der Waals surface area contributed by atoms with Crippen molar-refractivity contribution in [2.75, 3.05) is 18.0 Å². The molecule has 0 saturated carbocycles. The van der Waals surface area contributed by atoms with Crippen LogP contribution in [0.1, 0.15) is 18.4 Å². The van der Waals surface area contributed by atoms with E-state index in [0.717, 1.165) is 31.6 Å². The fraction of sp³-hybridized carbons (Fsp3) is 0.294. The summed E-state index contributed by atoms with van der Waals surface area (Å²) in [5.74, 6) is -3.47. The van der Waals surface area contributed by atoms with Crippen molar-refractivity contribution < 1.29 is 26.7 Å². The van der Waals surface area contributed by atoms with E-state index in [4.69, 9.17) is 4.74 Å². The van der Waals surface area contributed by atoms with E-state index in [1.165, 1.54) is 6.07 Å². The molecule has 7 heteroatoms. The number of hydrogen-bond acceptors (Lipinski definition) is 2. The molecule has 0 aliphatic carbocycles. The van der Waals surface area contributed by atoms with E-state index < -0.39 is 29.1 Å². The van der Waals surface area contributed by atoms with Crippen molar-refractivity contribution in [3.8, 4) is 11.5 Å². The minimum Gasteiger partial charge on any atom is -0.451 e. The molecule has 0 bridgehead atoms. The Kier molecular flexibility index (Phi) is 4.34. The smallest absolute Gasteiger partial charge is 0.416 e. The van der Waals surface area contributed by atoms with Gasteiger partial charge in [-0.25, -0.2) is 8.78 Å². The first-order valence-corrected chi connectivity index (χ1v) is 7.44. The molecule has 128 valence electrons. The molecule has 3 rings (SSSR count). The maximum absolute atomic E-state index is 13.9. The van der Waals surface area contributed by atoms with E-state index >= 15 is 0 Å². The zero-order valence-corrected chi connectivity index (χ0v) is 12.5. The largest absolute Gasteiger partial charge is 0.451 e. The Morgan fingerprint density at radius 3 is 2.12 bits per heavy atom. The van der Waals surface area contributed by atoms with Gasteiger partial charge >= 0.3 is 6.18 Å². The van der Waals surface area contributed by atoms with Crippen LogP contribution in [0.25, 0.3) is 0 Å². The van der Waals surface area contributed by atoms with Gasteiger partial charge in [-0.15, -0.1) is 0 Å². The molecule has 2 aromatic carbocycles. The summed E-state index contributed by atoms with van der Waals surface area (Å²) in [5, 5.41) is 0. The highest BCUT2D eigenvalue weighted by molar-refractivity contribution is 5.52. The maximum atomic E-state index is 13.9. The number of anilines is 1. The van der Waals surface area contributed by atoms with Crippen LogP contribution in [0.5, 0.6) is 11.5 Å². The van der Waals surface area contributed by atoms with E-state index in [0.29, 0.717) is 0 Å². The van der Waals surface area contributed by atoms with Gasteiger partial charge in [-0.2, -0.15) is 13.2 Å². The van der Waals surface area contributed by atoms with Crippen molar-refractivity contribution in [3.05, 3.63) is 53.6 Å². The molecule has 0 atom stereocenters. The van der Waals surface area contributed by atoms with Crippen molar-refractivity contribution in [1.82, 2.24) is 0 Å². The second-order valence-corrected chi connectivity index (χ2v) is 5.56. The average Bonchev–Trinajstić information content (AvgIpc) is 3.04. The third-order valence-electron chi connectivity index (χ3n) is 3.83. The molecule has 0 N–H and O–H groups in total. The Bertz CT molecular complexity index is 715. The fourth-order valence-corrected chi connectivity index (χ4v) is 2.66. The molecule has 0 aromatic heterocycles. The van der Waals surface area contributed by atoms with E-state index in [9.17, 15) is 22.0 Å². The third kappa shape index (κ3) is 3.44. The van der Waals surface area contributed by atoms with Gasteiger partial charge in [0.25, 0.3) is 0 Å². The van der Waals surface area contributed by atoms with Crippen molar-refractivity contribution in [3.63, 3.8) is 0 Å². The third-order valence-corrected chi connectivity index (χ3v) is 3.83. The van der Waals surface area contributed by atoms with Crippen molar-refractivity contribution >= 4 is 5.69 Å². The van der Waals surface area contributed by atoms with Crippen LogP contribution in [0.4, 0.5) is 27.6 Å². The van der Waals surface area contributed by atoms with Gasteiger partial charge in [-0.3, -0.25) is 0 Å². The first-order chi connectivity index (χ1) is 11.3. The van der Waals surface area contributed by atoms with E-state index in [1.807, 2.05) is 6.07 Å². The zero-order chi connectivity index (χ0) is 17.3. The molecule has 1 fully saturated rings. The maximum Gasteiger partial charge on any atom is 0.416 e. The molecule has 2 aromatic rings. The van der Waals surface area contributed by atoms with Crippen LogP contribution >= 0.6 is 0 Å². The Morgan fingerprint density at radius 2 is 1.54 bits per heavy atom. The predicted octanol–water partition coefficient (Wildman–Crippen LogP) is 5.38. The second-order valence-electron chi connectivity index (χ2n) is 5.56. The molecule has 1 saturated heterocycles. The summed E-state index contributed by atoms with van der Waals surface area (Å²) in [6.07, 6.45) is -2.70. The highest BCUT2D eigenvalue weighted by atomic mass is 19.4. The highest BCUT2D eigenvalue weighted by Gasteiger charge is 2.33. The molecule has 0 unspecified atom stereocenters. The number of benzene rings is 2. The predicted molar refractivity (Wildman–Crippen MR) is 79.3 cm³/mol. The van der Waals surface area contributed by atoms with Gasteiger partial charge < -0.3 is 9.64 Å². The second kappa shape index (κ2) is 6.30. The highest BCUT2D eigenvalue weighted by Crippen LogP contribution is 2.36. The normalized spacial score (nSPS) is 15.0. The molecule has 0 radical (unpaired) electrons. The van der Waals surface area contributed by atoms with Gasteiger partial charge in [0.1, 0.15) is 5.75 Å². The van der Waals surface area contributed by atoms with Crippen LogP contribution in [-0.4, -0.2) is 13.1 Å². The molecule has 1 aliphatic heterocycles. The van der Waals surface area contributed by atoms with E-state index in [1.54, 1.807) is 12.1 Å². The minimum atomic E-state index is -4.82. The topological polar surface area (TPSA) is 12.5 Å². The lowest BCUT2D eigenvalue weighted by Gasteiger charge is -2.18. The average molecular weight is 343 g/mol. The molecule has 1 aliphatic rings. The van der Waals surface area contributed by atoms with Crippen LogP contribution in [-0.2, 0) is 6.18 Å². The van der Waals surface area contributed by atoms with E-state index in [-0.39, 0.29) is 17.9 Å². The number of nitrogens with zero attached hydrogens (tertiary/aromatic N) is 1. The lowest BCUT2D eigenvalue weighted by molar-refractivity contribution is -0.138. The van der Waals surface area contributed by atoms with Gasteiger partial charge in [0, 0.05) is 24.8 Å². The van der Waals surface area contributed by atoms with Gasteiger partial charge in [0.05, 0.1) is 5.56 Å². The minimum absolute atomic E-state index is 0.164. The van der Waals surface area contributed by atoms with Crippen LogP contribution in [0.3, 0.4) is 0 Å². The molecule has 24 heavy (non-hydrogen) atoms. The molecular weight excluding hydrogens is 329 g/mol.